The molecule has 5 heteroatoms. The lowest BCUT2D eigenvalue weighted by Crippen LogP contribution is -2.20. The van der Waals surface area contributed by atoms with Gasteiger partial charge in [-0.2, -0.15) is 0 Å². The molecule has 0 aliphatic heterocycles. The zero-order valence-electron chi connectivity index (χ0n) is 11.3. The van der Waals surface area contributed by atoms with Crippen molar-refractivity contribution < 1.29 is 19.1 Å². The van der Waals surface area contributed by atoms with E-state index in [1.54, 1.807) is 24.3 Å². The maximum Gasteiger partial charge on any atom is 0.338 e. The summed E-state index contributed by atoms with van der Waals surface area (Å²) < 4.78 is 10.3. The number of carbonyl (C=O) groups excluding carboxylic acids is 2. The summed E-state index contributed by atoms with van der Waals surface area (Å²) in [6.45, 7) is -0.0332. The van der Waals surface area contributed by atoms with Gasteiger partial charge in [-0.1, -0.05) is 36.4 Å². The van der Waals surface area contributed by atoms with Crippen LogP contribution in [0.3, 0.4) is 0 Å². The van der Waals surface area contributed by atoms with E-state index in [0.717, 1.165) is 5.56 Å². The highest BCUT2D eigenvalue weighted by atomic mass is 16.5. The van der Waals surface area contributed by atoms with E-state index in [1.165, 1.54) is 0 Å². The maximum atomic E-state index is 11.7. The van der Waals surface area contributed by atoms with Crippen LogP contribution in [0, 0.1) is 0 Å². The molecular formula is C16H15NO4. The average Bonchev–Trinajstić information content (AvgIpc) is 2.52. The minimum absolute atomic E-state index is 0.307. The van der Waals surface area contributed by atoms with Crippen LogP contribution in [0.15, 0.2) is 54.6 Å². The number of amides is 1. The molecule has 0 aromatic heterocycles. The fourth-order valence-corrected chi connectivity index (χ4v) is 1.67. The predicted octanol–water partition coefficient (Wildman–Crippen LogP) is 1.91. The highest BCUT2D eigenvalue weighted by Crippen LogP contribution is 2.16. The second-order valence-electron chi connectivity index (χ2n) is 4.34. The number of carbonyl (C=O) groups is 2. The van der Waals surface area contributed by atoms with E-state index < -0.39 is 18.5 Å². The summed E-state index contributed by atoms with van der Waals surface area (Å²) in [5.74, 6) is -0.758. The largest absolute Gasteiger partial charge is 0.489 e. The lowest BCUT2D eigenvalue weighted by Gasteiger charge is -2.08. The zero-order chi connectivity index (χ0) is 15.1. The second-order valence-corrected chi connectivity index (χ2v) is 4.34. The Morgan fingerprint density at radius 3 is 2.48 bits per heavy atom. The third-order valence-corrected chi connectivity index (χ3v) is 2.66. The van der Waals surface area contributed by atoms with Gasteiger partial charge in [0.05, 0.1) is 5.56 Å². The molecule has 0 saturated heterocycles. The molecule has 2 aromatic carbocycles. The van der Waals surface area contributed by atoms with Crippen molar-refractivity contribution in [2.45, 2.75) is 6.61 Å². The van der Waals surface area contributed by atoms with Crippen molar-refractivity contribution in [2.24, 2.45) is 5.73 Å². The Balaban J connectivity index is 1.97. The van der Waals surface area contributed by atoms with E-state index in [0.29, 0.717) is 17.9 Å². The Morgan fingerprint density at radius 1 is 1.00 bits per heavy atom. The van der Waals surface area contributed by atoms with Crippen LogP contribution < -0.4 is 10.5 Å². The summed E-state index contributed by atoms with van der Waals surface area (Å²) in [7, 11) is 0. The van der Waals surface area contributed by atoms with Gasteiger partial charge in [-0.25, -0.2) is 4.79 Å². The summed E-state index contributed by atoms with van der Waals surface area (Å²) in [5, 5.41) is 0. The lowest BCUT2D eigenvalue weighted by molar-refractivity contribution is -0.121. The monoisotopic (exact) mass is 285 g/mol. The molecule has 2 rings (SSSR count). The fourth-order valence-electron chi connectivity index (χ4n) is 1.67. The van der Waals surface area contributed by atoms with Crippen LogP contribution >= 0.6 is 0 Å². The van der Waals surface area contributed by atoms with Crippen molar-refractivity contribution in [1.29, 1.82) is 0 Å². The SMILES string of the molecule is NC(=O)COC(=O)c1cccc(OCc2ccccc2)c1. The molecule has 0 unspecified atom stereocenters. The molecule has 0 aliphatic carbocycles. The molecule has 0 aliphatic rings. The van der Waals surface area contributed by atoms with E-state index in [2.05, 4.69) is 0 Å². The standard InChI is InChI=1S/C16H15NO4/c17-15(18)11-21-16(19)13-7-4-8-14(9-13)20-10-12-5-2-1-3-6-12/h1-9H,10-11H2,(H2,17,18). The van der Waals surface area contributed by atoms with Crippen molar-refractivity contribution >= 4 is 11.9 Å². The second kappa shape index (κ2) is 7.09. The van der Waals surface area contributed by atoms with Crippen LogP contribution in [0.5, 0.6) is 5.75 Å². The normalized spacial score (nSPS) is 9.90. The molecular weight excluding hydrogens is 270 g/mol. The third kappa shape index (κ3) is 4.65. The van der Waals surface area contributed by atoms with E-state index in [9.17, 15) is 9.59 Å². The number of primary amides is 1. The van der Waals surface area contributed by atoms with Gasteiger partial charge in [0.15, 0.2) is 6.61 Å². The number of hydrogen-bond acceptors (Lipinski definition) is 4. The zero-order valence-corrected chi connectivity index (χ0v) is 11.3. The van der Waals surface area contributed by atoms with Crippen LogP contribution in [0.25, 0.3) is 0 Å². The third-order valence-electron chi connectivity index (χ3n) is 2.66. The quantitative estimate of drug-likeness (QED) is 0.822. The Labute approximate surface area is 122 Å². The van der Waals surface area contributed by atoms with Crippen LogP contribution in [0.2, 0.25) is 0 Å². The molecule has 21 heavy (non-hydrogen) atoms. The molecule has 0 bridgehead atoms. The average molecular weight is 285 g/mol. The van der Waals surface area contributed by atoms with Crippen LogP contribution in [-0.2, 0) is 16.1 Å². The maximum absolute atomic E-state index is 11.7. The van der Waals surface area contributed by atoms with Gasteiger partial charge in [0.1, 0.15) is 12.4 Å². The van der Waals surface area contributed by atoms with Crippen LogP contribution in [0.4, 0.5) is 0 Å². The molecule has 1 amide bonds. The molecule has 0 atom stereocenters. The summed E-state index contributed by atoms with van der Waals surface area (Å²) in [6.07, 6.45) is 0. The van der Waals surface area contributed by atoms with E-state index in [-0.39, 0.29) is 0 Å². The van der Waals surface area contributed by atoms with Gasteiger partial charge in [0.25, 0.3) is 5.91 Å². The van der Waals surface area contributed by atoms with Crippen molar-refractivity contribution in [2.75, 3.05) is 6.61 Å². The number of rotatable bonds is 6. The summed E-state index contributed by atoms with van der Waals surface area (Å²) in [4.78, 5) is 22.3. The molecule has 0 fully saturated rings. The number of benzene rings is 2. The number of esters is 1. The predicted molar refractivity (Wildman–Crippen MR) is 76.7 cm³/mol. The number of hydrogen-bond donors (Lipinski definition) is 1. The molecule has 0 saturated carbocycles. The van der Waals surface area contributed by atoms with Crippen LogP contribution in [-0.4, -0.2) is 18.5 Å². The summed E-state index contributed by atoms with van der Waals surface area (Å²) >= 11 is 0. The Kier molecular flexibility index (Phi) is 4.93. The minimum Gasteiger partial charge on any atom is -0.489 e. The van der Waals surface area contributed by atoms with Crippen LogP contribution in [0.1, 0.15) is 15.9 Å². The Hall–Kier alpha value is -2.82. The van der Waals surface area contributed by atoms with Crippen molar-refractivity contribution in [3.8, 4) is 5.75 Å². The van der Waals surface area contributed by atoms with Gasteiger partial charge in [0.2, 0.25) is 0 Å². The highest BCUT2D eigenvalue weighted by Gasteiger charge is 2.09. The van der Waals surface area contributed by atoms with Gasteiger partial charge in [-0.3, -0.25) is 4.79 Å². The van der Waals surface area contributed by atoms with Crippen molar-refractivity contribution in [3.63, 3.8) is 0 Å². The fraction of sp³-hybridized carbons (Fsp3) is 0.125. The summed E-state index contributed by atoms with van der Waals surface area (Å²) in [6, 6.07) is 16.3. The minimum atomic E-state index is -0.695. The number of ether oxygens (including phenoxy) is 2. The Bertz CT molecular complexity index is 625. The molecule has 108 valence electrons. The lowest BCUT2D eigenvalue weighted by atomic mass is 10.2. The summed E-state index contributed by atoms with van der Waals surface area (Å²) in [5.41, 5.74) is 6.25. The smallest absolute Gasteiger partial charge is 0.338 e. The molecule has 0 spiro atoms. The van der Waals surface area contributed by atoms with Gasteiger partial charge in [-0.05, 0) is 23.8 Å². The van der Waals surface area contributed by atoms with E-state index in [4.69, 9.17) is 15.2 Å². The molecule has 0 radical (unpaired) electrons. The van der Waals surface area contributed by atoms with E-state index >= 15 is 0 Å². The topological polar surface area (TPSA) is 78.6 Å². The van der Waals surface area contributed by atoms with Gasteiger partial charge in [-0.15, -0.1) is 0 Å². The molecule has 2 N–H and O–H groups in total. The first-order valence-corrected chi connectivity index (χ1v) is 6.37. The first kappa shape index (κ1) is 14.6. The highest BCUT2D eigenvalue weighted by molar-refractivity contribution is 5.91. The number of nitrogens with two attached hydrogens (primary N) is 1. The molecule has 0 heterocycles. The molecule has 5 nitrogen and oxygen atoms in total. The van der Waals surface area contributed by atoms with Gasteiger partial charge < -0.3 is 15.2 Å². The van der Waals surface area contributed by atoms with Crippen molar-refractivity contribution in [3.05, 3.63) is 65.7 Å². The van der Waals surface area contributed by atoms with Crippen molar-refractivity contribution in [1.82, 2.24) is 0 Å². The first-order valence-electron chi connectivity index (χ1n) is 6.37. The van der Waals surface area contributed by atoms with Gasteiger partial charge in [0, 0.05) is 0 Å². The first-order chi connectivity index (χ1) is 10.1. The van der Waals surface area contributed by atoms with Gasteiger partial charge >= 0.3 is 5.97 Å². The Morgan fingerprint density at radius 2 is 1.76 bits per heavy atom. The van der Waals surface area contributed by atoms with E-state index in [1.807, 2.05) is 30.3 Å². The molecule has 2 aromatic rings.